The van der Waals surface area contributed by atoms with Crippen molar-refractivity contribution >= 4 is 29.0 Å². The number of thiophene rings is 1. The molecule has 1 aliphatic heterocycles. The molecule has 7 nitrogen and oxygen atoms in total. The summed E-state index contributed by atoms with van der Waals surface area (Å²) in [6.45, 7) is 3.36. The number of carbonyl (C=O) groups is 1. The average molecular weight is 493 g/mol. The Hall–Kier alpha value is -3.30. The zero-order valence-corrected chi connectivity index (χ0v) is 20.3. The van der Waals surface area contributed by atoms with Gasteiger partial charge in [0.1, 0.15) is 5.82 Å². The normalized spacial score (nSPS) is 12.1. The van der Waals surface area contributed by atoms with Crippen LogP contribution in [0, 0.1) is 0 Å². The first-order valence-corrected chi connectivity index (χ1v) is 12.9. The van der Waals surface area contributed by atoms with E-state index in [9.17, 15) is 4.79 Å². The first-order chi connectivity index (χ1) is 16.7. The fourth-order valence-electron chi connectivity index (χ4n) is 3.77. The monoisotopic (exact) mass is 492 g/mol. The zero-order chi connectivity index (χ0) is 23.3. The molecule has 9 heteroatoms. The van der Waals surface area contributed by atoms with Crippen LogP contribution in [0.5, 0.6) is 11.5 Å². The molecule has 0 aliphatic carbocycles. The molecular formula is C25H24N4O3S2. The van der Waals surface area contributed by atoms with Crippen LogP contribution in [0.4, 0.5) is 0 Å². The second-order valence-corrected chi connectivity index (χ2v) is 9.68. The molecule has 1 amide bonds. The van der Waals surface area contributed by atoms with Gasteiger partial charge in [-0.2, -0.15) is 0 Å². The van der Waals surface area contributed by atoms with E-state index < -0.39 is 0 Å². The summed E-state index contributed by atoms with van der Waals surface area (Å²) in [5, 5.41) is 11.7. The summed E-state index contributed by atoms with van der Waals surface area (Å²) in [6, 6.07) is 20.0. The van der Waals surface area contributed by atoms with Crippen LogP contribution < -0.4 is 9.47 Å². The summed E-state index contributed by atoms with van der Waals surface area (Å²) in [7, 11) is 0. The minimum absolute atomic E-state index is 0.0487. The fraction of sp³-hybridized carbons (Fsp3) is 0.240. The van der Waals surface area contributed by atoms with Crippen LogP contribution in [-0.2, 0) is 17.8 Å². The van der Waals surface area contributed by atoms with Crippen LogP contribution in [0.1, 0.15) is 23.2 Å². The van der Waals surface area contributed by atoms with Crippen molar-refractivity contribution in [2.24, 2.45) is 0 Å². The molecule has 174 valence electrons. The molecule has 0 atom stereocenters. The van der Waals surface area contributed by atoms with Crippen molar-refractivity contribution in [1.29, 1.82) is 0 Å². The molecule has 0 N–H and O–H groups in total. The number of thioether (sulfide) groups is 1. The summed E-state index contributed by atoms with van der Waals surface area (Å²) in [5.74, 6) is 2.66. The van der Waals surface area contributed by atoms with Crippen molar-refractivity contribution in [2.75, 3.05) is 19.1 Å². The van der Waals surface area contributed by atoms with E-state index in [1.165, 1.54) is 16.6 Å². The van der Waals surface area contributed by atoms with E-state index in [1.54, 1.807) is 11.3 Å². The van der Waals surface area contributed by atoms with E-state index >= 15 is 0 Å². The Labute approximate surface area is 206 Å². The molecule has 2 aromatic heterocycles. The van der Waals surface area contributed by atoms with Crippen LogP contribution in [0.3, 0.4) is 0 Å². The second-order valence-electron chi connectivity index (χ2n) is 7.71. The van der Waals surface area contributed by atoms with Crippen molar-refractivity contribution in [2.45, 2.75) is 25.0 Å². The van der Waals surface area contributed by atoms with Gasteiger partial charge in [0.2, 0.25) is 12.7 Å². The quantitative estimate of drug-likeness (QED) is 0.313. The number of ether oxygens (including phenoxy) is 2. The lowest BCUT2D eigenvalue weighted by molar-refractivity contribution is -0.128. The summed E-state index contributed by atoms with van der Waals surface area (Å²) in [5.41, 5.74) is 2.00. The maximum absolute atomic E-state index is 13.1. The van der Waals surface area contributed by atoms with Crippen LogP contribution in [-0.4, -0.2) is 44.7 Å². The van der Waals surface area contributed by atoms with E-state index in [-0.39, 0.29) is 18.5 Å². The smallest absolute Gasteiger partial charge is 0.233 e. The third kappa shape index (κ3) is 4.95. The molecule has 0 spiro atoms. The third-order valence-corrected chi connectivity index (χ3v) is 7.29. The van der Waals surface area contributed by atoms with Gasteiger partial charge in [-0.15, -0.1) is 21.5 Å². The third-order valence-electron chi connectivity index (χ3n) is 5.50. The number of hydrogen-bond donors (Lipinski definition) is 0. The van der Waals surface area contributed by atoms with Gasteiger partial charge in [-0.25, -0.2) is 0 Å². The zero-order valence-electron chi connectivity index (χ0n) is 18.7. The minimum Gasteiger partial charge on any atom is -0.454 e. The van der Waals surface area contributed by atoms with Gasteiger partial charge in [0, 0.05) is 30.1 Å². The standard InChI is InChI=1S/C25H24N4O3S2/c1-2-28(15-18-10-11-21-22(13-18)32-17-31-21)24(30)16-34-25-27-26-23(14-20-9-6-12-33-20)29(25)19-7-4-3-5-8-19/h3-13H,2,14-17H2,1H3. The topological polar surface area (TPSA) is 69.5 Å². The van der Waals surface area contributed by atoms with E-state index in [4.69, 9.17) is 9.47 Å². The van der Waals surface area contributed by atoms with Crippen LogP contribution >= 0.6 is 23.1 Å². The largest absolute Gasteiger partial charge is 0.454 e. The molecule has 4 aromatic rings. The van der Waals surface area contributed by atoms with Gasteiger partial charge in [0.25, 0.3) is 0 Å². The molecule has 2 aromatic carbocycles. The number of amides is 1. The number of carbonyl (C=O) groups excluding carboxylic acids is 1. The summed E-state index contributed by atoms with van der Waals surface area (Å²) >= 11 is 3.11. The number of hydrogen-bond acceptors (Lipinski definition) is 7. The lowest BCUT2D eigenvalue weighted by Crippen LogP contribution is -2.31. The van der Waals surface area contributed by atoms with E-state index in [0.717, 1.165) is 28.6 Å². The number of nitrogens with zero attached hydrogens (tertiary/aromatic N) is 4. The first kappa shape index (κ1) is 22.5. The molecule has 1 aliphatic rings. The van der Waals surface area contributed by atoms with Crippen LogP contribution in [0.25, 0.3) is 5.69 Å². The summed E-state index contributed by atoms with van der Waals surface area (Å²) < 4.78 is 12.9. The van der Waals surface area contributed by atoms with E-state index in [2.05, 4.69) is 21.6 Å². The Morgan fingerprint density at radius 3 is 2.74 bits per heavy atom. The van der Waals surface area contributed by atoms with Crippen LogP contribution in [0.15, 0.2) is 71.2 Å². The van der Waals surface area contributed by atoms with Gasteiger partial charge in [-0.3, -0.25) is 9.36 Å². The lowest BCUT2D eigenvalue weighted by Gasteiger charge is -2.21. The van der Waals surface area contributed by atoms with Crippen molar-refractivity contribution in [3.05, 3.63) is 82.3 Å². The molecule has 5 rings (SSSR count). The van der Waals surface area contributed by atoms with Gasteiger partial charge in [-0.05, 0) is 48.2 Å². The SMILES string of the molecule is CCN(Cc1ccc2c(c1)OCO2)C(=O)CSc1nnc(Cc2cccs2)n1-c1ccccc1. The molecule has 0 bridgehead atoms. The molecular weight excluding hydrogens is 468 g/mol. The molecule has 0 unspecified atom stereocenters. The number of benzene rings is 2. The Morgan fingerprint density at radius 1 is 1.09 bits per heavy atom. The molecule has 0 saturated heterocycles. The van der Waals surface area contributed by atoms with E-state index in [1.807, 2.05) is 71.0 Å². The highest BCUT2D eigenvalue weighted by molar-refractivity contribution is 7.99. The number of para-hydroxylation sites is 1. The Bertz CT molecular complexity index is 1260. The Morgan fingerprint density at radius 2 is 1.94 bits per heavy atom. The highest BCUT2D eigenvalue weighted by Crippen LogP contribution is 2.33. The lowest BCUT2D eigenvalue weighted by atomic mass is 10.2. The number of fused-ring (bicyclic) bond motifs is 1. The molecule has 0 fully saturated rings. The molecule has 3 heterocycles. The van der Waals surface area contributed by atoms with Gasteiger partial charge in [0.15, 0.2) is 16.7 Å². The summed E-state index contributed by atoms with van der Waals surface area (Å²) in [4.78, 5) is 16.1. The highest BCUT2D eigenvalue weighted by Gasteiger charge is 2.20. The maximum atomic E-state index is 13.1. The van der Waals surface area contributed by atoms with Gasteiger partial charge >= 0.3 is 0 Å². The Balaban J connectivity index is 1.30. The first-order valence-electron chi connectivity index (χ1n) is 11.0. The number of rotatable bonds is 9. The highest BCUT2D eigenvalue weighted by atomic mass is 32.2. The van der Waals surface area contributed by atoms with Gasteiger partial charge in [-0.1, -0.05) is 42.1 Å². The predicted octanol–water partition coefficient (Wildman–Crippen LogP) is 4.79. The Kier molecular flexibility index (Phi) is 6.82. The van der Waals surface area contributed by atoms with Crippen molar-refractivity contribution in [3.63, 3.8) is 0 Å². The molecule has 34 heavy (non-hydrogen) atoms. The number of aromatic nitrogens is 3. The average Bonchev–Trinajstić information content (AvgIpc) is 3.63. The van der Waals surface area contributed by atoms with Crippen molar-refractivity contribution in [3.8, 4) is 17.2 Å². The predicted molar refractivity (Wildman–Crippen MR) is 133 cm³/mol. The maximum Gasteiger partial charge on any atom is 0.233 e. The van der Waals surface area contributed by atoms with Gasteiger partial charge < -0.3 is 14.4 Å². The van der Waals surface area contributed by atoms with Crippen molar-refractivity contribution in [1.82, 2.24) is 19.7 Å². The molecule has 0 saturated carbocycles. The molecule has 0 radical (unpaired) electrons. The minimum atomic E-state index is 0.0487. The van der Waals surface area contributed by atoms with Crippen LogP contribution in [0.2, 0.25) is 0 Å². The summed E-state index contributed by atoms with van der Waals surface area (Å²) in [6.07, 6.45) is 0.694. The van der Waals surface area contributed by atoms with Crippen molar-refractivity contribution < 1.29 is 14.3 Å². The fourth-order valence-corrected chi connectivity index (χ4v) is 5.34. The second kappa shape index (κ2) is 10.3. The van der Waals surface area contributed by atoms with Gasteiger partial charge in [0.05, 0.1) is 5.75 Å². The van der Waals surface area contributed by atoms with E-state index in [0.29, 0.717) is 24.7 Å².